The van der Waals surface area contributed by atoms with E-state index >= 15 is 0 Å². The second-order valence-electron chi connectivity index (χ2n) is 5.57. The van der Waals surface area contributed by atoms with Crippen molar-refractivity contribution in [1.82, 2.24) is 10.6 Å². The molecule has 0 saturated heterocycles. The van der Waals surface area contributed by atoms with Gasteiger partial charge >= 0.3 is 0 Å². The third-order valence-corrected chi connectivity index (χ3v) is 3.40. The summed E-state index contributed by atoms with van der Waals surface area (Å²) in [6.07, 6.45) is 0. The monoisotopic (exact) mass is 326 g/mol. The van der Waals surface area contributed by atoms with Gasteiger partial charge in [0, 0.05) is 23.7 Å². The molecule has 5 nitrogen and oxygen atoms in total. The molecule has 0 radical (unpaired) electrons. The molecule has 0 aliphatic carbocycles. The zero-order valence-electron chi connectivity index (χ0n) is 13.4. The van der Waals surface area contributed by atoms with Crippen LogP contribution in [0.15, 0.2) is 24.3 Å². The Morgan fingerprint density at radius 1 is 1.14 bits per heavy atom. The summed E-state index contributed by atoms with van der Waals surface area (Å²) in [5, 5.41) is 6.15. The number of halogens is 1. The molecule has 0 heterocycles. The van der Waals surface area contributed by atoms with Crippen LogP contribution in [-0.2, 0) is 9.53 Å². The van der Waals surface area contributed by atoms with Crippen molar-refractivity contribution in [3.05, 3.63) is 34.9 Å². The molecular weight excluding hydrogens is 304 g/mol. The third kappa shape index (κ3) is 5.66. The van der Waals surface area contributed by atoms with Gasteiger partial charge in [-0.2, -0.15) is 0 Å². The molecule has 0 fully saturated rings. The van der Waals surface area contributed by atoms with Gasteiger partial charge in [0.1, 0.15) is 6.04 Å². The van der Waals surface area contributed by atoms with Crippen LogP contribution in [0.1, 0.15) is 31.1 Å². The molecule has 1 rings (SSSR count). The molecule has 0 aromatic heterocycles. The number of hydrogen-bond acceptors (Lipinski definition) is 3. The first kappa shape index (κ1) is 18.5. The standard InChI is InChI=1S/C16H23ClN2O3/c1-10(2)14(16(21)18-11(3)9-22-4)19-15(20)12-5-7-13(17)8-6-12/h5-8,10-11,14H,9H2,1-4H3,(H,18,21)(H,19,20)/t11-,14+/m1/s1. The Morgan fingerprint density at radius 3 is 2.23 bits per heavy atom. The summed E-state index contributed by atoms with van der Waals surface area (Å²) in [6, 6.07) is 5.80. The van der Waals surface area contributed by atoms with E-state index in [-0.39, 0.29) is 23.8 Å². The van der Waals surface area contributed by atoms with E-state index in [0.717, 1.165) is 0 Å². The SMILES string of the molecule is COC[C@@H](C)NC(=O)[C@@H](NC(=O)c1ccc(Cl)cc1)C(C)C. The van der Waals surface area contributed by atoms with Crippen LogP contribution in [0.4, 0.5) is 0 Å². The first-order chi connectivity index (χ1) is 10.3. The van der Waals surface area contributed by atoms with Crippen molar-refractivity contribution in [3.8, 4) is 0 Å². The van der Waals surface area contributed by atoms with Crippen molar-refractivity contribution < 1.29 is 14.3 Å². The Kier molecular flexibility index (Phi) is 7.35. The van der Waals surface area contributed by atoms with Gasteiger partial charge in [-0.3, -0.25) is 9.59 Å². The summed E-state index contributed by atoms with van der Waals surface area (Å²) in [5.74, 6) is -0.558. The second kappa shape index (κ2) is 8.76. The van der Waals surface area contributed by atoms with Gasteiger partial charge in [0.25, 0.3) is 5.91 Å². The number of methoxy groups -OCH3 is 1. The molecule has 122 valence electrons. The Hall–Kier alpha value is -1.59. The van der Waals surface area contributed by atoms with Gasteiger partial charge in [0.15, 0.2) is 0 Å². The molecule has 0 saturated carbocycles. The van der Waals surface area contributed by atoms with E-state index in [1.165, 1.54) is 0 Å². The summed E-state index contributed by atoms with van der Waals surface area (Å²) in [6.45, 7) is 6.03. The van der Waals surface area contributed by atoms with Crippen LogP contribution in [0.3, 0.4) is 0 Å². The molecule has 2 amide bonds. The van der Waals surface area contributed by atoms with Crippen LogP contribution < -0.4 is 10.6 Å². The van der Waals surface area contributed by atoms with Gasteiger partial charge in [-0.1, -0.05) is 25.4 Å². The largest absolute Gasteiger partial charge is 0.383 e. The number of carbonyl (C=O) groups is 2. The van der Waals surface area contributed by atoms with Crippen molar-refractivity contribution in [2.24, 2.45) is 5.92 Å². The summed E-state index contributed by atoms with van der Waals surface area (Å²) in [7, 11) is 1.57. The van der Waals surface area contributed by atoms with Gasteiger partial charge in [-0.15, -0.1) is 0 Å². The topological polar surface area (TPSA) is 67.4 Å². The van der Waals surface area contributed by atoms with Crippen molar-refractivity contribution in [3.63, 3.8) is 0 Å². The van der Waals surface area contributed by atoms with Gasteiger partial charge in [-0.25, -0.2) is 0 Å². The average Bonchev–Trinajstić information content (AvgIpc) is 2.44. The van der Waals surface area contributed by atoms with E-state index in [9.17, 15) is 9.59 Å². The molecule has 22 heavy (non-hydrogen) atoms. The molecule has 6 heteroatoms. The van der Waals surface area contributed by atoms with E-state index in [2.05, 4.69) is 10.6 Å². The minimum absolute atomic E-state index is 0.0361. The fourth-order valence-electron chi connectivity index (χ4n) is 1.99. The summed E-state index contributed by atoms with van der Waals surface area (Å²) < 4.78 is 4.99. The molecule has 2 N–H and O–H groups in total. The number of benzene rings is 1. The lowest BCUT2D eigenvalue weighted by atomic mass is 10.0. The van der Waals surface area contributed by atoms with Crippen LogP contribution in [0.25, 0.3) is 0 Å². The molecule has 0 bridgehead atoms. The Bertz CT molecular complexity index is 503. The van der Waals surface area contributed by atoms with Gasteiger partial charge in [0.2, 0.25) is 5.91 Å². The number of rotatable bonds is 7. The predicted molar refractivity (Wildman–Crippen MR) is 87.0 cm³/mol. The fraction of sp³-hybridized carbons (Fsp3) is 0.500. The molecule has 0 aliphatic heterocycles. The molecule has 0 spiro atoms. The maximum absolute atomic E-state index is 12.3. The predicted octanol–water partition coefficient (Wildman–Crippen LogP) is 2.25. The number of ether oxygens (including phenoxy) is 1. The van der Waals surface area contributed by atoms with Crippen molar-refractivity contribution in [2.45, 2.75) is 32.9 Å². The summed E-state index contributed by atoms with van der Waals surface area (Å²) in [4.78, 5) is 24.5. The smallest absolute Gasteiger partial charge is 0.251 e. The van der Waals surface area contributed by atoms with Gasteiger partial charge in [0.05, 0.1) is 6.61 Å². The van der Waals surface area contributed by atoms with Crippen LogP contribution in [0, 0.1) is 5.92 Å². The lowest BCUT2D eigenvalue weighted by molar-refractivity contribution is -0.124. The maximum atomic E-state index is 12.3. The highest BCUT2D eigenvalue weighted by Gasteiger charge is 2.25. The molecule has 0 aliphatic rings. The maximum Gasteiger partial charge on any atom is 0.251 e. The zero-order chi connectivity index (χ0) is 16.7. The molecular formula is C16H23ClN2O3. The summed E-state index contributed by atoms with van der Waals surface area (Å²) >= 11 is 5.80. The van der Waals surface area contributed by atoms with Gasteiger partial charge < -0.3 is 15.4 Å². The molecule has 1 aromatic rings. The number of hydrogen-bond donors (Lipinski definition) is 2. The lowest BCUT2D eigenvalue weighted by Crippen LogP contribution is -2.52. The van der Waals surface area contributed by atoms with Crippen LogP contribution in [0.5, 0.6) is 0 Å². The van der Waals surface area contributed by atoms with E-state index < -0.39 is 6.04 Å². The first-order valence-electron chi connectivity index (χ1n) is 7.21. The number of amides is 2. The van der Waals surface area contributed by atoms with E-state index in [1.807, 2.05) is 20.8 Å². The minimum Gasteiger partial charge on any atom is -0.383 e. The highest BCUT2D eigenvalue weighted by atomic mass is 35.5. The number of carbonyl (C=O) groups excluding carboxylic acids is 2. The van der Waals surface area contributed by atoms with Crippen molar-refractivity contribution >= 4 is 23.4 Å². The Labute approximate surface area is 136 Å². The van der Waals surface area contributed by atoms with Gasteiger partial charge in [-0.05, 0) is 37.1 Å². The zero-order valence-corrected chi connectivity index (χ0v) is 14.1. The van der Waals surface area contributed by atoms with Crippen molar-refractivity contribution in [2.75, 3.05) is 13.7 Å². The molecule has 1 aromatic carbocycles. The third-order valence-electron chi connectivity index (χ3n) is 3.15. The quantitative estimate of drug-likeness (QED) is 0.807. The summed E-state index contributed by atoms with van der Waals surface area (Å²) in [5.41, 5.74) is 0.466. The highest BCUT2D eigenvalue weighted by Crippen LogP contribution is 2.10. The average molecular weight is 327 g/mol. The highest BCUT2D eigenvalue weighted by molar-refractivity contribution is 6.30. The fourth-order valence-corrected chi connectivity index (χ4v) is 2.11. The number of nitrogens with one attached hydrogen (secondary N) is 2. The lowest BCUT2D eigenvalue weighted by Gasteiger charge is -2.24. The first-order valence-corrected chi connectivity index (χ1v) is 7.58. The normalized spacial score (nSPS) is 13.5. The Morgan fingerprint density at radius 2 is 1.73 bits per heavy atom. The van der Waals surface area contributed by atoms with Crippen LogP contribution >= 0.6 is 11.6 Å². The molecule has 2 atom stereocenters. The van der Waals surface area contributed by atoms with E-state index in [1.54, 1.807) is 31.4 Å². The minimum atomic E-state index is -0.609. The van der Waals surface area contributed by atoms with E-state index in [4.69, 9.17) is 16.3 Å². The van der Waals surface area contributed by atoms with Crippen molar-refractivity contribution in [1.29, 1.82) is 0 Å². The molecule has 0 unspecified atom stereocenters. The van der Waals surface area contributed by atoms with Crippen LogP contribution in [-0.4, -0.2) is 37.6 Å². The Balaban J connectivity index is 2.73. The second-order valence-corrected chi connectivity index (χ2v) is 6.00. The van der Waals surface area contributed by atoms with Crippen LogP contribution in [0.2, 0.25) is 5.02 Å². The van der Waals surface area contributed by atoms with E-state index in [0.29, 0.717) is 17.2 Å².